The van der Waals surface area contributed by atoms with E-state index in [-0.39, 0.29) is 18.2 Å². The second-order valence-electron chi connectivity index (χ2n) is 12.0. The summed E-state index contributed by atoms with van der Waals surface area (Å²) in [6, 6.07) is 7.05. The van der Waals surface area contributed by atoms with Gasteiger partial charge in [0, 0.05) is 31.2 Å². The molecule has 3 aromatic rings. The normalized spacial score (nSPS) is 16.5. The van der Waals surface area contributed by atoms with Crippen LogP contribution in [-0.4, -0.2) is 70.1 Å². The third kappa shape index (κ3) is 9.84. The maximum atomic E-state index is 13.7. The minimum Gasteiger partial charge on any atom is -0.516 e. The van der Waals surface area contributed by atoms with Crippen molar-refractivity contribution in [3.05, 3.63) is 79.1 Å². The highest BCUT2D eigenvalue weighted by atomic mass is 16.3. The van der Waals surface area contributed by atoms with E-state index >= 15 is 0 Å². The molecule has 47 heavy (non-hydrogen) atoms. The maximum Gasteiger partial charge on any atom is 0.252 e. The van der Waals surface area contributed by atoms with Crippen molar-refractivity contribution in [1.29, 1.82) is 0 Å². The monoisotopic (exact) mass is 644 g/mol. The molecule has 2 aromatic heterocycles. The predicted molar refractivity (Wildman–Crippen MR) is 188 cm³/mol. The van der Waals surface area contributed by atoms with Crippen molar-refractivity contribution in [3.8, 4) is 11.4 Å². The number of hydrogen-bond acceptors (Lipinski definition) is 7. The number of rotatable bonds is 15. The summed E-state index contributed by atoms with van der Waals surface area (Å²) in [5.74, 6) is 0.261. The smallest absolute Gasteiger partial charge is 0.252 e. The molecule has 0 radical (unpaired) electrons. The highest BCUT2D eigenvalue weighted by Gasteiger charge is 2.26. The van der Waals surface area contributed by atoms with Crippen LogP contribution < -0.4 is 16.0 Å². The number of nitrogens with one attached hydrogen (secondary N) is 3. The summed E-state index contributed by atoms with van der Waals surface area (Å²) in [5.41, 5.74) is 3.93. The van der Waals surface area contributed by atoms with Gasteiger partial charge in [0.25, 0.3) is 5.91 Å². The molecule has 0 unspecified atom stereocenters. The highest BCUT2D eigenvalue weighted by molar-refractivity contribution is 6.00. The van der Waals surface area contributed by atoms with E-state index in [0.29, 0.717) is 31.1 Å². The number of furan rings is 1. The molecule has 1 aliphatic heterocycles. The standard InChI is InChI=1S/C35H46N6O4.C2H6/c1-2-15-36-24-26(9-8-20-42)22-31(35(44)37-16-19-40-17-6-7-18-40)39-34(43)27-12-13-32-30(23-27)38-33(28-14-21-45-25-28)41(32)29-10-4-3-5-11-29;1-2/h2,8,12-14,20-21,23-25,29,31,36,42H,1,3-7,9-11,15-19,22H2,(H,37,44)(H,39,43);1-2H3/b20-8+,26-24+;/t31-;/m0./s1. The lowest BCUT2D eigenvalue weighted by atomic mass is 9.95. The van der Waals surface area contributed by atoms with Crippen LogP contribution in [0.5, 0.6) is 0 Å². The molecule has 2 aliphatic rings. The Kier molecular flexibility index (Phi) is 14.2. The lowest BCUT2D eigenvalue weighted by Crippen LogP contribution is -2.48. The van der Waals surface area contributed by atoms with Gasteiger partial charge in [0.2, 0.25) is 5.91 Å². The zero-order valence-corrected chi connectivity index (χ0v) is 28.0. The van der Waals surface area contributed by atoms with Crippen LogP contribution in [0.2, 0.25) is 0 Å². The molecule has 5 rings (SSSR count). The van der Waals surface area contributed by atoms with Gasteiger partial charge >= 0.3 is 0 Å². The molecule has 1 aromatic carbocycles. The van der Waals surface area contributed by atoms with Crippen LogP contribution in [0.4, 0.5) is 0 Å². The van der Waals surface area contributed by atoms with Crippen molar-refractivity contribution < 1.29 is 19.1 Å². The van der Waals surface area contributed by atoms with Crippen molar-refractivity contribution in [1.82, 2.24) is 30.4 Å². The number of aliphatic hydroxyl groups excluding tert-OH is 1. The predicted octanol–water partition coefficient (Wildman–Crippen LogP) is 6.65. The van der Waals surface area contributed by atoms with Gasteiger partial charge in [-0.05, 0) is 93.7 Å². The lowest BCUT2D eigenvalue weighted by molar-refractivity contribution is -0.123. The highest BCUT2D eigenvalue weighted by Crippen LogP contribution is 2.36. The van der Waals surface area contributed by atoms with Crippen molar-refractivity contribution in [2.75, 3.05) is 32.7 Å². The third-order valence-electron chi connectivity index (χ3n) is 8.74. The van der Waals surface area contributed by atoms with Crippen LogP contribution in [0.25, 0.3) is 22.4 Å². The molecule has 3 heterocycles. The van der Waals surface area contributed by atoms with Crippen LogP contribution in [0.1, 0.15) is 88.0 Å². The number of carbonyl (C=O) groups excluding carboxylic acids is 2. The molecule has 0 bridgehead atoms. The molecule has 4 N–H and O–H groups in total. The molecule has 1 saturated carbocycles. The Bertz CT molecular complexity index is 1480. The van der Waals surface area contributed by atoms with Crippen LogP contribution in [0.3, 0.4) is 0 Å². The number of fused-ring (bicyclic) bond motifs is 1. The van der Waals surface area contributed by atoms with Crippen LogP contribution in [0.15, 0.2) is 78.0 Å². The van der Waals surface area contributed by atoms with Gasteiger partial charge in [-0.2, -0.15) is 0 Å². The zero-order chi connectivity index (χ0) is 33.4. The number of allylic oxidation sites excluding steroid dienone is 1. The average Bonchev–Trinajstić information content (AvgIpc) is 3.89. The largest absolute Gasteiger partial charge is 0.516 e. The van der Waals surface area contributed by atoms with E-state index in [0.717, 1.165) is 66.7 Å². The first-order valence-electron chi connectivity index (χ1n) is 17.2. The average molecular weight is 645 g/mol. The van der Waals surface area contributed by atoms with Crippen molar-refractivity contribution >= 4 is 22.8 Å². The van der Waals surface area contributed by atoms with Crippen molar-refractivity contribution in [3.63, 3.8) is 0 Å². The number of aliphatic hydroxyl groups is 1. The van der Waals surface area contributed by atoms with E-state index in [1.165, 1.54) is 32.1 Å². The number of carbonyl (C=O) groups is 2. The Morgan fingerprint density at radius 1 is 1.13 bits per heavy atom. The molecule has 2 amide bonds. The Balaban J connectivity index is 0.00000245. The fraction of sp³-hybridized carbons (Fsp3) is 0.486. The van der Waals surface area contributed by atoms with Crippen molar-refractivity contribution in [2.45, 2.75) is 83.7 Å². The molecular formula is C37H52N6O4. The van der Waals surface area contributed by atoms with E-state index < -0.39 is 6.04 Å². The van der Waals surface area contributed by atoms with E-state index in [4.69, 9.17) is 9.40 Å². The maximum absolute atomic E-state index is 13.7. The van der Waals surface area contributed by atoms with Gasteiger partial charge in [-0.15, -0.1) is 6.58 Å². The van der Waals surface area contributed by atoms with Gasteiger partial charge in [-0.1, -0.05) is 39.2 Å². The number of amides is 2. The number of nitrogens with zero attached hydrogens (tertiary/aromatic N) is 3. The van der Waals surface area contributed by atoms with E-state index in [1.807, 2.05) is 44.3 Å². The van der Waals surface area contributed by atoms with E-state index in [2.05, 4.69) is 32.0 Å². The lowest BCUT2D eigenvalue weighted by Gasteiger charge is -2.25. The number of likely N-dealkylation sites (tertiary alicyclic amines) is 1. The minimum absolute atomic E-state index is 0.241. The summed E-state index contributed by atoms with van der Waals surface area (Å²) in [7, 11) is 0. The van der Waals surface area contributed by atoms with Crippen LogP contribution >= 0.6 is 0 Å². The summed E-state index contributed by atoms with van der Waals surface area (Å²) >= 11 is 0. The number of benzene rings is 1. The molecule has 10 nitrogen and oxygen atoms in total. The Hall–Kier alpha value is -4.31. The molecule has 0 spiro atoms. The molecule has 10 heteroatoms. The van der Waals surface area contributed by atoms with Gasteiger partial charge in [-0.25, -0.2) is 4.98 Å². The minimum atomic E-state index is -0.808. The summed E-state index contributed by atoms with van der Waals surface area (Å²) in [4.78, 5) is 34.5. The molecule has 254 valence electrons. The van der Waals surface area contributed by atoms with E-state index in [1.54, 1.807) is 24.7 Å². The number of aromatic nitrogens is 2. The molecule has 1 atom stereocenters. The number of imidazole rings is 1. The van der Waals surface area contributed by atoms with Gasteiger partial charge in [0.15, 0.2) is 0 Å². The summed E-state index contributed by atoms with van der Waals surface area (Å²) in [6.07, 6.45) is 18.4. The summed E-state index contributed by atoms with van der Waals surface area (Å²) in [5, 5.41) is 18.5. The van der Waals surface area contributed by atoms with Crippen LogP contribution in [0, 0.1) is 0 Å². The van der Waals surface area contributed by atoms with Gasteiger partial charge in [0.1, 0.15) is 18.1 Å². The SMILES string of the molecule is C=CCN/C=C(\C/C=C/O)C[C@H](NC(=O)c1ccc2c(c1)nc(-c1ccoc1)n2C1CCCCC1)C(=O)NCCN1CCCC1.CC. The zero-order valence-electron chi connectivity index (χ0n) is 28.0. The summed E-state index contributed by atoms with van der Waals surface area (Å²) < 4.78 is 7.69. The quantitative estimate of drug-likeness (QED) is 0.0830. The summed E-state index contributed by atoms with van der Waals surface area (Å²) in [6.45, 7) is 11.7. The number of hydrogen-bond donors (Lipinski definition) is 4. The van der Waals surface area contributed by atoms with Crippen LogP contribution in [-0.2, 0) is 4.79 Å². The fourth-order valence-corrected chi connectivity index (χ4v) is 6.42. The molecular weight excluding hydrogens is 592 g/mol. The Morgan fingerprint density at radius 2 is 1.91 bits per heavy atom. The second-order valence-corrected chi connectivity index (χ2v) is 12.0. The fourth-order valence-electron chi connectivity index (χ4n) is 6.42. The third-order valence-corrected chi connectivity index (χ3v) is 8.74. The van der Waals surface area contributed by atoms with Crippen molar-refractivity contribution in [2.24, 2.45) is 0 Å². The van der Waals surface area contributed by atoms with Gasteiger partial charge in [-0.3, -0.25) is 9.59 Å². The Labute approximate surface area is 279 Å². The van der Waals surface area contributed by atoms with Gasteiger partial charge in [0.05, 0.1) is 29.1 Å². The second kappa shape index (κ2) is 18.7. The Morgan fingerprint density at radius 3 is 2.62 bits per heavy atom. The first-order valence-corrected chi connectivity index (χ1v) is 17.2. The first kappa shape index (κ1) is 35.5. The topological polar surface area (TPSA) is 125 Å². The molecule has 2 fully saturated rings. The van der Waals surface area contributed by atoms with Gasteiger partial charge < -0.3 is 34.9 Å². The molecule has 1 saturated heterocycles. The van der Waals surface area contributed by atoms with E-state index in [9.17, 15) is 14.7 Å². The molecule has 1 aliphatic carbocycles. The first-order chi connectivity index (χ1) is 23.1.